The molecule has 1 aliphatic heterocycles. The quantitative estimate of drug-likeness (QED) is 0.779. The van der Waals surface area contributed by atoms with Gasteiger partial charge < -0.3 is 11.1 Å². The fourth-order valence-corrected chi connectivity index (χ4v) is 2.91. The highest BCUT2D eigenvalue weighted by molar-refractivity contribution is 5.81. The molecule has 1 saturated heterocycles. The minimum absolute atomic E-state index is 0.0645. The van der Waals surface area contributed by atoms with Crippen molar-refractivity contribution in [2.45, 2.75) is 71.6 Å². The largest absolute Gasteiger partial charge is 0.350 e. The van der Waals surface area contributed by atoms with Crippen molar-refractivity contribution < 1.29 is 4.79 Å². The average Bonchev–Trinajstić information content (AvgIpc) is 2.64. The van der Waals surface area contributed by atoms with E-state index in [1.165, 1.54) is 12.8 Å². The Morgan fingerprint density at radius 2 is 1.78 bits per heavy atom. The Labute approximate surface area is 111 Å². The van der Waals surface area contributed by atoms with E-state index in [4.69, 9.17) is 5.73 Å². The summed E-state index contributed by atoms with van der Waals surface area (Å²) in [7, 11) is 0. The fourth-order valence-electron chi connectivity index (χ4n) is 2.91. The zero-order chi connectivity index (χ0) is 13.9. The number of hydrogen-bond donors (Lipinski definition) is 2. The van der Waals surface area contributed by atoms with Crippen LogP contribution in [0.4, 0.5) is 0 Å². The number of likely N-dealkylation sites (tertiary alicyclic amines) is 1. The third-order valence-electron chi connectivity index (χ3n) is 4.23. The van der Waals surface area contributed by atoms with E-state index in [9.17, 15) is 4.79 Å². The van der Waals surface area contributed by atoms with Crippen LogP contribution in [0.2, 0.25) is 0 Å². The molecule has 0 aromatic rings. The number of carbonyl (C=O) groups is 1. The molecule has 0 spiro atoms. The first-order valence-electron chi connectivity index (χ1n) is 7.16. The first kappa shape index (κ1) is 15.4. The van der Waals surface area contributed by atoms with Gasteiger partial charge in [0.05, 0.1) is 6.04 Å². The number of amides is 1. The van der Waals surface area contributed by atoms with Crippen LogP contribution in [0.25, 0.3) is 0 Å². The molecule has 4 atom stereocenters. The maximum Gasteiger partial charge on any atom is 0.237 e. The molecule has 106 valence electrons. The standard InChI is InChI=1S/C14H29N3O/c1-9(2)13(8-15)16-14(18)12(5)17-10(3)6-7-11(17)4/h9-13H,6-8,15H2,1-5H3,(H,16,18). The Morgan fingerprint density at radius 3 is 2.17 bits per heavy atom. The summed E-state index contributed by atoms with van der Waals surface area (Å²) >= 11 is 0. The number of hydrogen-bond acceptors (Lipinski definition) is 3. The highest BCUT2D eigenvalue weighted by atomic mass is 16.2. The van der Waals surface area contributed by atoms with Gasteiger partial charge in [-0.25, -0.2) is 0 Å². The molecule has 4 nitrogen and oxygen atoms in total. The summed E-state index contributed by atoms with van der Waals surface area (Å²) in [6.45, 7) is 11.1. The van der Waals surface area contributed by atoms with E-state index in [-0.39, 0.29) is 18.0 Å². The van der Waals surface area contributed by atoms with Crippen molar-refractivity contribution in [2.75, 3.05) is 6.54 Å². The molecule has 1 amide bonds. The molecule has 4 heteroatoms. The SMILES string of the molecule is CC(C)C(CN)NC(=O)C(C)N1C(C)CCC1C. The van der Waals surface area contributed by atoms with Crippen molar-refractivity contribution in [1.29, 1.82) is 0 Å². The molecular weight excluding hydrogens is 226 g/mol. The third-order valence-corrected chi connectivity index (χ3v) is 4.23. The van der Waals surface area contributed by atoms with Gasteiger partial charge in [-0.1, -0.05) is 13.8 Å². The molecule has 4 unspecified atom stereocenters. The molecule has 0 aromatic heterocycles. The maximum atomic E-state index is 12.3. The van der Waals surface area contributed by atoms with E-state index in [1.807, 2.05) is 6.92 Å². The normalized spacial score (nSPS) is 28.4. The Morgan fingerprint density at radius 1 is 1.28 bits per heavy atom. The number of carbonyl (C=O) groups excluding carboxylic acids is 1. The third kappa shape index (κ3) is 3.45. The number of rotatable bonds is 5. The van der Waals surface area contributed by atoms with Crippen LogP contribution in [-0.2, 0) is 4.79 Å². The van der Waals surface area contributed by atoms with Gasteiger partial charge in [-0.2, -0.15) is 0 Å². The van der Waals surface area contributed by atoms with Crippen LogP contribution in [0, 0.1) is 5.92 Å². The molecule has 18 heavy (non-hydrogen) atoms. The van der Waals surface area contributed by atoms with E-state index in [0.29, 0.717) is 24.5 Å². The molecule has 0 saturated carbocycles. The van der Waals surface area contributed by atoms with Gasteiger partial charge in [-0.05, 0) is 39.5 Å². The van der Waals surface area contributed by atoms with Gasteiger partial charge in [0.2, 0.25) is 5.91 Å². The molecular formula is C14H29N3O. The minimum Gasteiger partial charge on any atom is -0.350 e. The lowest BCUT2D eigenvalue weighted by Crippen LogP contribution is -2.53. The fraction of sp³-hybridized carbons (Fsp3) is 0.929. The van der Waals surface area contributed by atoms with Crippen molar-refractivity contribution in [2.24, 2.45) is 11.7 Å². The van der Waals surface area contributed by atoms with Crippen LogP contribution in [-0.4, -0.2) is 41.5 Å². The summed E-state index contributed by atoms with van der Waals surface area (Å²) in [6.07, 6.45) is 2.37. The molecule has 0 aliphatic carbocycles. The first-order chi connectivity index (χ1) is 8.38. The van der Waals surface area contributed by atoms with Gasteiger partial charge in [0.25, 0.3) is 0 Å². The Balaban J connectivity index is 2.60. The van der Waals surface area contributed by atoms with Crippen LogP contribution in [0.1, 0.15) is 47.5 Å². The van der Waals surface area contributed by atoms with Crippen molar-refractivity contribution in [3.05, 3.63) is 0 Å². The molecule has 3 N–H and O–H groups in total. The van der Waals surface area contributed by atoms with Gasteiger partial charge in [-0.15, -0.1) is 0 Å². The van der Waals surface area contributed by atoms with Crippen molar-refractivity contribution in [3.8, 4) is 0 Å². The first-order valence-corrected chi connectivity index (χ1v) is 7.16. The van der Waals surface area contributed by atoms with E-state index in [2.05, 4.69) is 37.9 Å². The predicted octanol–water partition coefficient (Wildman–Crippen LogP) is 1.35. The second-order valence-electron chi connectivity index (χ2n) is 5.99. The lowest BCUT2D eigenvalue weighted by molar-refractivity contribution is -0.127. The van der Waals surface area contributed by atoms with Crippen molar-refractivity contribution >= 4 is 5.91 Å². The van der Waals surface area contributed by atoms with Crippen LogP contribution >= 0.6 is 0 Å². The summed E-state index contributed by atoms with van der Waals surface area (Å²) in [6, 6.07) is 1.01. The van der Waals surface area contributed by atoms with E-state index in [1.54, 1.807) is 0 Å². The summed E-state index contributed by atoms with van der Waals surface area (Å²) in [5, 5.41) is 3.08. The highest BCUT2D eigenvalue weighted by Gasteiger charge is 2.34. The second-order valence-corrected chi connectivity index (χ2v) is 5.99. The predicted molar refractivity (Wildman–Crippen MR) is 75.3 cm³/mol. The molecule has 1 heterocycles. The summed E-state index contributed by atoms with van der Waals surface area (Å²) in [5.41, 5.74) is 5.70. The zero-order valence-corrected chi connectivity index (χ0v) is 12.4. The van der Waals surface area contributed by atoms with Gasteiger partial charge in [0, 0.05) is 24.7 Å². The van der Waals surface area contributed by atoms with Gasteiger partial charge in [0.1, 0.15) is 0 Å². The monoisotopic (exact) mass is 255 g/mol. The Hall–Kier alpha value is -0.610. The number of nitrogens with two attached hydrogens (primary N) is 1. The van der Waals surface area contributed by atoms with Crippen LogP contribution in [0.5, 0.6) is 0 Å². The van der Waals surface area contributed by atoms with Crippen molar-refractivity contribution in [3.63, 3.8) is 0 Å². The molecule has 0 bridgehead atoms. The topological polar surface area (TPSA) is 58.4 Å². The average molecular weight is 255 g/mol. The number of nitrogens with zero attached hydrogens (tertiary/aromatic N) is 1. The summed E-state index contributed by atoms with van der Waals surface area (Å²) in [4.78, 5) is 14.6. The lowest BCUT2D eigenvalue weighted by atomic mass is 10.0. The van der Waals surface area contributed by atoms with Crippen LogP contribution in [0.15, 0.2) is 0 Å². The number of nitrogens with one attached hydrogen (secondary N) is 1. The molecule has 1 fully saturated rings. The molecule has 1 rings (SSSR count). The molecule has 1 aliphatic rings. The van der Waals surface area contributed by atoms with Crippen LogP contribution < -0.4 is 11.1 Å². The lowest BCUT2D eigenvalue weighted by Gasteiger charge is -2.33. The van der Waals surface area contributed by atoms with E-state index >= 15 is 0 Å². The second kappa shape index (κ2) is 6.53. The maximum absolute atomic E-state index is 12.3. The van der Waals surface area contributed by atoms with Gasteiger partial charge in [-0.3, -0.25) is 9.69 Å². The zero-order valence-electron chi connectivity index (χ0n) is 12.4. The van der Waals surface area contributed by atoms with E-state index < -0.39 is 0 Å². The van der Waals surface area contributed by atoms with Gasteiger partial charge >= 0.3 is 0 Å². The molecule has 0 radical (unpaired) electrons. The highest BCUT2D eigenvalue weighted by Crippen LogP contribution is 2.25. The Kier molecular flexibility index (Phi) is 5.60. The van der Waals surface area contributed by atoms with Crippen molar-refractivity contribution in [1.82, 2.24) is 10.2 Å². The van der Waals surface area contributed by atoms with Gasteiger partial charge in [0.15, 0.2) is 0 Å². The van der Waals surface area contributed by atoms with Crippen LogP contribution in [0.3, 0.4) is 0 Å². The molecule has 0 aromatic carbocycles. The van der Waals surface area contributed by atoms with E-state index in [0.717, 1.165) is 0 Å². The smallest absolute Gasteiger partial charge is 0.237 e. The summed E-state index contributed by atoms with van der Waals surface area (Å²) < 4.78 is 0. The summed E-state index contributed by atoms with van der Waals surface area (Å²) in [5.74, 6) is 0.485. The Bertz CT molecular complexity index is 270. The minimum atomic E-state index is -0.0645.